The molecule has 0 amide bonds. The van der Waals surface area contributed by atoms with Crippen LogP contribution >= 0.6 is 0 Å². The molecular weight excluding hydrogens is 288 g/mol. The predicted molar refractivity (Wildman–Crippen MR) is 80.4 cm³/mol. The summed E-state index contributed by atoms with van der Waals surface area (Å²) in [6, 6.07) is 16.2. The van der Waals surface area contributed by atoms with Crippen molar-refractivity contribution in [3.8, 4) is 0 Å². The summed E-state index contributed by atoms with van der Waals surface area (Å²) in [4.78, 5) is 0.163. The first-order valence-corrected chi connectivity index (χ1v) is 8.06. The lowest BCUT2D eigenvalue weighted by Gasteiger charge is -2.07. The highest BCUT2D eigenvalue weighted by Crippen LogP contribution is 2.13. The van der Waals surface area contributed by atoms with Gasteiger partial charge in [-0.2, -0.15) is 8.42 Å². The summed E-state index contributed by atoms with van der Waals surface area (Å²) in [5.41, 5.74) is 2.04. The van der Waals surface area contributed by atoms with Gasteiger partial charge in [0.05, 0.1) is 24.7 Å². The summed E-state index contributed by atoms with van der Waals surface area (Å²) < 4.78 is 34.1. The van der Waals surface area contributed by atoms with Gasteiger partial charge in [-0.1, -0.05) is 48.0 Å². The lowest BCUT2D eigenvalue weighted by atomic mass is 10.2. The molecule has 0 radical (unpaired) electrons. The standard InChI is InChI=1S/C16H18O4S/c1-14-7-9-16(10-8-14)21(17,18)20-12-11-19-13-15-5-3-2-4-6-15/h2-10H,11-13H2,1H3. The first kappa shape index (κ1) is 15.7. The fourth-order valence-corrected chi connectivity index (χ4v) is 2.63. The quantitative estimate of drug-likeness (QED) is 0.583. The lowest BCUT2D eigenvalue weighted by Crippen LogP contribution is -2.11. The van der Waals surface area contributed by atoms with Crippen LogP contribution in [-0.4, -0.2) is 21.6 Å². The number of hydrogen-bond acceptors (Lipinski definition) is 4. The van der Waals surface area contributed by atoms with Gasteiger partial charge in [0.1, 0.15) is 0 Å². The van der Waals surface area contributed by atoms with Crippen molar-refractivity contribution in [1.29, 1.82) is 0 Å². The molecule has 0 aliphatic carbocycles. The van der Waals surface area contributed by atoms with Crippen molar-refractivity contribution in [2.75, 3.05) is 13.2 Å². The fourth-order valence-electron chi connectivity index (χ4n) is 1.74. The molecule has 0 aliphatic heterocycles. The van der Waals surface area contributed by atoms with Crippen LogP contribution in [0.4, 0.5) is 0 Å². The van der Waals surface area contributed by atoms with Gasteiger partial charge in [0.25, 0.3) is 10.1 Å². The van der Waals surface area contributed by atoms with E-state index in [2.05, 4.69) is 0 Å². The average molecular weight is 306 g/mol. The van der Waals surface area contributed by atoms with Crippen LogP contribution in [0.1, 0.15) is 11.1 Å². The molecule has 0 unspecified atom stereocenters. The molecule has 21 heavy (non-hydrogen) atoms. The Hall–Kier alpha value is -1.69. The van der Waals surface area contributed by atoms with E-state index >= 15 is 0 Å². The van der Waals surface area contributed by atoms with Crippen molar-refractivity contribution in [3.63, 3.8) is 0 Å². The largest absolute Gasteiger partial charge is 0.374 e. The van der Waals surface area contributed by atoms with Crippen LogP contribution in [0.3, 0.4) is 0 Å². The predicted octanol–water partition coefficient (Wildman–Crippen LogP) is 2.92. The SMILES string of the molecule is Cc1ccc(S(=O)(=O)OCCOCc2ccccc2)cc1. The van der Waals surface area contributed by atoms with E-state index in [0.29, 0.717) is 6.61 Å². The van der Waals surface area contributed by atoms with Crippen LogP contribution < -0.4 is 0 Å². The third-order valence-corrected chi connectivity index (χ3v) is 4.21. The van der Waals surface area contributed by atoms with E-state index in [-0.39, 0.29) is 18.1 Å². The second-order valence-electron chi connectivity index (χ2n) is 4.63. The third kappa shape index (κ3) is 4.97. The molecule has 4 nitrogen and oxygen atoms in total. The molecule has 0 saturated heterocycles. The number of hydrogen-bond donors (Lipinski definition) is 0. The van der Waals surface area contributed by atoms with Gasteiger partial charge in [-0.25, -0.2) is 0 Å². The Morgan fingerprint density at radius 1 is 0.905 bits per heavy atom. The first-order chi connectivity index (χ1) is 10.1. The Balaban J connectivity index is 1.76. The van der Waals surface area contributed by atoms with E-state index in [1.165, 1.54) is 12.1 Å². The van der Waals surface area contributed by atoms with Gasteiger partial charge in [-0.3, -0.25) is 4.18 Å². The van der Waals surface area contributed by atoms with Crippen LogP contribution in [0, 0.1) is 6.92 Å². The van der Waals surface area contributed by atoms with Gasteiger partial charge in [0.15, 0.2) is 0 Å². The van der Waals surface area contributed by atoms with E-state index in [4.69, 9.17) is 8.92 Å². The molecule has 0 heterocycles. The highest BCUT2D eigenvalue weighted by molar-refractivity contribution is 7.86. The summed E-state index contributed by atoms with van der Waals surface area (Å²) in [6.45, 7) is 2.56. The molecular formula is C16H18O4S. The van der Waals surface area contributed by atoms with Crippen molar-refractivity contribution in [2.45, 2.75) is 18.4 Å². The normalized spacial score (nSPS) is 11.5. The van der Waals surface area contributed by atoms with E-state index in [0.717, 1.165) is 11.1 Å². The van der Waals surface area contributed by atoms with Crippen LogP contribution in [0.5, 0.6) is 0 Å². The zero-order chi connectivity index (χ0) is 15.1. The monoisotopic (exact) mass is 306 g/mol. The molecule has 0 bridgehead atoms. The zero-order valence-corrected chi connectivity index (χ0v) is 12.7. The van der Waals surface area contributed by atoms with Crippen LogP contribution in [0.2, 0.25) is 0 Å². The lowest BCUT2D eigenvalue weighted by molar-refractivity contribution is 0.0908. The summed E-state index contributed by atoms with van der Waals surface area (Å²) in [6.07, 6.45) is 0. The molecule has 0 fully saturated rings. The molecule has 5 heteroatoms. The topological polar surface area (TPSA) is 52.6 Å². The second kappa shape index (κ2) is 7.36. The van der Waals surface area contributed by atoms with E-state index in [1.54, 1.807) is 12.1 Å². The van der Waals surface area contributed by atoms with Gasteiger partial charge < -0.3 is 4.74 Å². The van der Waals surface area contributed by atoms with Gasteiger partial charge in [-0.05, 0) is 24.6 Å². The molecule has 112 valence electrons. The van der Waals surface area contributed by atoms with Crippen molar-refractivity contribution in [3.05, 3.63) is 65.7 Å². The molecule has 0 aliphatic rings. The molecule has 2 rings (SSSR count). The van der Waals surface area contributed by atoms with Crippen LogP contribution in [-0.2, 0) is 25.6 Å². The molecule has 0 aromatic heterocycles. The minimum atomic E-state index is -3.70. The Morgan fingerprint density at radius 3 is 2.24 bits per heavy atom. The summed E-state index contributed by atoms with van der Waals surface area (Å²) in [5.74, 6) is 0. The zero-order valence-electron chi connectivity index (χ0n) is 11.9. The van der Waals surface area contributed by atoms with E-state index < -0.39 is 10.1 Å². The van der Waals surface area contributed by atoms with Gasteiger partial charge in [-0.15, -0.1) is 0 Å². The van der Waals surface area contributed by atoms with Crippen LogP contribution in [0.15, 0.2) is 59.5 Å². The molecule has 0 atom stereocenters. The van der Waals surface area contributed by atoms with Gasteiger partial charge >= 0.3 is 0 Å². The maximum Gasteiger partial charge on any atom is 0.297 e. The smallest absolute Gasteiger partial charge is 0.297 e. The molecule has 2 aromatic carbocycles. The Kier molecular flexibility index (Phi) is 5.50. The summed E-state index contributed by atoms with van der Waals surface area (Å²) in [7, 11) is -3.70. The maximum absolute atomic E-state index is 11.9. The number of ether oxygens (including phenoxy) is 1. The van der Waals surface area contributed by atoms with Crippen molar-refractivity contribution in [1.82, 2.24) is 0 Å². The average Bonchev–Trinajstić information content (AvgIpc) is 2.48. The minimum absolute atomic E-state index is 0.00302. The minimum Gasteiger partial charge on any atom is -0.374 e. The first-order valence-electron chi connectivity index (χ1n) is 6.66. The highest BCUT2D eigenvalue weighted by Gasteiger charge is 2.14. The second-order valence-corrected chi connectivity index (χ2v) is 6.24. The fraction of sp³-hybridized carbons (Fsp3) is 0.250. The number of benzene rings is 2. The molecule has 0 spiro atoms. The van der Waals surface area contributed by atoms with E-state index in [9.17, 15) is 8.42 Å². The molecule has 0 saturated carbocycles. The third-order valence-electron chi connectivity index (χ3n) is 2.89. The van der Waals surface area contributed by atoms with Crippen molar-refractivity contribution in [2.24, 2.45) is 0 Å². The Bertz CT molecular complexity index is 648. The van der Waals surface area contributed by atoms with Crippen LogP contribution in [0.25, 0.3) is 0 Å². The Morgan fingerprint density at radius 2 is 1.57 bits per heavy atom. The number of aryl methyl sites for hydroxylation is 1. The Labute approximate surface area is 125 Å². The molecule has 0 N–H and O–H groups in total. The summed E-state index contributed by atoms with van der Waals surface area (Å²) >= 11 is 0. The van der Waals surface area contributed by atoms with Gasteiger partial charge in [0.2, 0.25) is 0 Å². The summed E-state index contributed by atoms with van der Waals surface area (Å²) in [5, 5.41) is 0. The molecule has 2 aromatic rings. The maximum atomic E-state index is 11.9. The van der Waals surface area contributed by atoms with Crippen molar-refractivity contribution < 1.29 is 17.3 Å². The van der Waals surface area contributed by atoms with E-state index in [1.807, 2.05) is 37.3 Å². The van der Waals surface area contributed by atoms with Gasteiger partial charge in [0, 0.05) is 0 Å². The van der Waals surface area contributed by atoms with Crippen molar-refractivity contribution >= 4 is 10.1 Å². The number of rotatable bonds is 7. The highest BCUT2D eigenvalue weighted by atomic mass is 32.2.